The lowest BCUT2D eigenvalue weighted by Gasteiger charge is -2.06. The average molecular weight is 268 g/mol. The average Bonchev–Trinajstić information content (AvgIpc) is 2.75. The molecule has 0 bridgehead atoms. The molecule has 0 atom stereocenters. The Hall–Kier alpha value is -2.08. The van der Waals surface area contributed by atoms with Crippen LogP contribution in [0.1, 0.15) is 0 Å². The standard InChI is InChI=1S/C11H10ClN3O3/c12-9-7-13-14(8-9)5-6-18-11-4-2-1-3-10(11)15(16)17/h1-4,7-8H,5-6H2. The number of ether oxygens (including phenoxy) is 1. The summed E-state index contributed by atoms with van der Waals surface area (Å²) in [6.07, 6.45) is 3.18. The second-order valence-electron chi connectivity index (χ2n) is 3.49. The van der Waals surface area contributed by atoms with Crippen LogP contribution in [-0.2, 0) is 6.54 Å². The minimum atomic E-state index is -0.472. The van der Waals surface area contributed by atoms with Crippen LogP contribution >= 0.6 is 11.6 Å². The summed E-state index contributed by atoms with van der Waals surface area (Å²) in [4.78, 5) is 10.3. The van der Waals surface area contributed by atoms with Crippen molar-refractivity contribution in [2.24, 2.45) is 0 Å². The topological polar surface area (TPSA) is 70.2 Å². The van der Waals surface area contributed by atoms with Gasteiger partial charge in [0.1, 0.15) is 6.61 Å². The minimum Gasteiger partial charge on any atom is -0.485 e. The lowest BCUT2D eigenvalue weighted by Crippen LogP contribution is -2.09. The second-order valence-corrected chi connectivity index (χ2v) is 3.93. The number of nitro groups is 1. The molecule has 0 aliphatic rings. The lowest BCUT2D eigenvalue weighted by atomic mass is 10.3. The Balaban J connectivity index is 1.96. The highest BCUT2D eigenvalue weighted by atomic mass is 35.5. The fraction of sp³-hybridized carbons (Fsp3) is 0.182. The number of hydrogen-bond donors (Lipinski definition) is 0. The van der Waals surface area contributed by atoms with Gasteiger partial charge in [-0.3, -0.25) is 14.8 Å². The summed E-state index contributed by atoms with van der Waals surface area (Å²) >= 11 is 5.71. The normalized spacial score (nSPS) is 10.3. The zero-order chi connectivity index (χ0) is 13.0. The summed E-state index contributed by atoms with van der Waals surface area (Å²) < 4.78 is 6.97. The number of nitrogens with zero attached hydrogens (tertiary/aromatic N) is 3. The Morgan fingerprint density at radius 2 is 2.22 bits per heavy atom. The quantitative estimate of drug-likeness (QED) is 0.616. The van der Waals surface area contributed by atoms with Gasteiger partial charge < -0.3 is 4.74 Å². The SMILES string of the molecule is O=[N+]([O-])c1ccccc1OCCn1cc(Cl)cn1. The lowest BCUT2D eigenvalue weighted by molar-refractivity contribution is -0.385. The van der Waals surface area contributed by atoms with E-state index in [-0.39, 0.29) is 18.0 Å². The number of benzene rings is 1. The van der Waals surface area contributed by atoms with E-state index in [4.69, 9.17) is 16.3 Å². The molecule has 0 amide bonds. The van der Waals surface area contributed by atoms with Gasteiger partial charge in [-0.15, -0.1) is 0 Å². The van der Waals surface area contributed by atoms with Gasteiger partial charge in [0.15, 0.2) is 5.75 Å². The van der Waals surface area contributed by atoms with E-state index in [2.05, 4.69) is 5.10 Å². The van der Waals surface area contributed by atoms with E-state index in [9.17, 15) is 10.1 Å². The van der Waals surface area contributed by atoms with E-state index in [1.54, 1.807) is 29.1 Å². The van der Waals surface area contributed by atoms with E-state index >= 15 is 0 Å². The first kappa shape index (κ1) is 12.4. The highest BCUT2D eigenvalue weighted by molar-refractivity contribution is 6.30. The molecule has 0 aliphatic carbocycles. The van der Waals surface area contributed by atoms with Gasteiger partial charge in [0, 0.05) is 12.3 Å². The van der Waals surface area contributed by atoms with Gasteiger partial charge >= 0.3 is 5.69 Å². The van der Waals surface area contributed by atoms with Crippen LogP contribution in [0.2, 0.25) is 5.02 Å². The molecule has 1 heterocycles. The summed E-state index contributed by atoms with van der Waals surface area (Å²) in [5.74, 6) is 0.251. The van der Waals surface area contributed by atoms with Crippen molar-refractivity contribution >= 4 is 17.3 Å². The fourth-order valence-corrected chi connectivity index (χ4v) is 1.60. The molecule has 18 heavy (non-hydrogen) atoms. The van der Waals surface area contributed by atoms with Gasteiger partial charge in [0.05, 0.1) is 22.7 Å². The van der Waals surface area contributed by atoms with Crippen LogP contribution in [0, 0.1) is 10.1 Å². The van der Waals surface area contributed by atoms with E-state index in [1.807, 2.05) is 0 Å². The van der Waals surface area contributed by atoms with Crippen molar-refractivity contribution in [1.29, 1.82) is 0 Å². The summed E-state index contributed by atoms with van der Waals surface area (Å²) in [7, 11) is 0. The van der Waals surface area contributed by atoms with Gasteiger partial charge in [-0.25, -0.2) is 0 Å². The molecule has 0 unspecified atom stereocenters. The molecule has 1 aromatic heterocycles. The molecule has 0 saturated carbocycles. The van der Waals surface area contributed by atoms with Gasteiger partial charge in [-0.1, -0.05) is 23.7 Å². The molecule has 0 spiro atoms. The maximum Gasteiger partial charge on any atom is 0.310 e. The first-order valence-electron chi connectivity index (χ1n) is 5.21. The molecule has 0 fully saturated rings. The van der Waals surface area contributed by atoms with Crippen molar-refractivity contribution in [3.8, 4) is 5.75 Å². The highest BCUT2D eigenvalue weighted by Crippen LogP contribution is 2.25. The second kappa shape index (κ2) is 5.50. The van der Waals surface area contributed by atoms with Crippen molar-refractivity contribution in [3.63, 3.8) is 0 Å². The fourth-order valence-electron chi connectivity index (χ4n) is 1.44. The van der Waals surface area contributed by atoms with Gasteiger partial charge in [0.2, 0.25) is 0 Å². The number of hydrogen-bond acceptors (Lipinski definition) is 4. The molecule has 0 aliphatic heterocycles. The monoisotopic (exact) mass is 267 g/mol. The number of rotatable bonds is 5. The van der Waals surface area contributed by atoms with Crippen LogP contribution < -0.4 is 4.74 Å². The zero-order valence-corrected chi connectivity index (χ0v) is 10.1. The molecule has 7 heteroatoms. The third kappa shape index (κ3) is 2.98. The molecule has 94 valence electrons. The Labute approximate surface area is 108 Å². The van der Waals surface area contributed by atoms with E-state index in [1.165, 1.54) is 12.3 Å². The molecule has 1 aromatic carbocycles. The van der Waals surface area contributed by atoms with Crippen LogP contribution in [0.3, 0.4) is 0 Å². The summed E-state index contributed by atoms with van der Waals surface area (Å²) in [5, 5.41) is 15.3. The van der Waals surface area contributed by atoms with Crippen molar-refractivity contribution in [3.05, 3.63) is 51.8 Å². The molecular formula is C11H10ClN3O3. The van der Waals surface area contributed by atoms with Crippen molar-refractivity contribution in [1.82, 2.24) is 9.78 Å². The minimum absolute atomic E-state index is 0.0454. The van der Waals surface area contributed by atoms with Crippen LogP contribution in [0.15, 0.2) is 36.7 Å². The van der Waals surface area contributed by atoms with E-state index in [0.29, 0.717) is 11.6 Å². The van der Waals surface area contributed by atoms with Gasteiger partial charge in [0.25, 0.3) is 0 Å². The van der Waals surface area contributed by atoms with Crippen LogP contribution in [0.5, 0.6) is 5.75 Å². The van der Waals surface area contributed by atoms with Gasteiger partial charge in [-0.2, -0.15) is 5.10 Å². The summed E-state index contributed by atoms with van der Waals surface area (Å²) in [5.41, 5.74) is -0.0454. The highest BCUT2D eigenvalue weighted by Gasteiger charge is 2.13. The van der Waals surface area contributed by atoms with E-state index < -0.39 is 4.92 Å². The first-order chi connectivity index (χ1) is 8.66. The summed E-state index contributed by atoms with van der Waals surface area (Å²) in [6, 6.07) is 6.25. The smallest absolute Gasteiger partial charge is 0.310 e. The van der Waals surface area contributed by atoms with Crippen LogP contribution in [-0.4, -0.2) is 21.3 Å². The molecule has 0 saturated heterocycles. The zero-order valence-electron chi connectivity index (χ0n) is 9.32. The van der Waals surface area contributed by atoms with Crippen molar-refractivity contribution < 1.29 is 9.66 Å². The molecule has 2 aromatic rings. The molecule has 0 N–H and O–H groups in total. The third-order valence-electron chi connectivity index (χ3n) is 2.24. The summed E-state index contributed by atoms with van der Waals surface area (Å²) in [6.45, 7) is 0.752. The number of para-hydroxylation sites is 2. The van der Waals surface area contributed by atoms with Crippen LogP contribution in [0.25, 0.3) is 0 Å². The van der Waals surface area contributed by atoms with E-state index in [0.717, 1.165) is 0 Å². The molecular weight excluding hydrogens is 258 g/mol. The Bertz CT molecular complexity index is 556. The molecule has 0 radical (unpaired) electrons. The Kier molecular flexibility index (Phi) is 3.78. The predicted octanol–water partition coefficient (Wildman–Crippen LogP) is 2.52. The number of aromatic nitrogens is 2. The number of halogens is 1. The molecule has 6 nitrogen and oxygen atoms in total. The van der Waals surface area contributed by atoms with Crippen LogP contribution in [0.4, 0.5) is 5.69 Å². The Morgan fingerprint density at radius 3 is 2.89 bits per heavy atom. The van der Waals surface area contributed by atoms with Gasteiger partial charge in [-0.05, 0) is 6.07 Å². The predicted molar refractivity (Wildman–Crippen MR) is 65.8 cm³/mol. The molecule has 2 rings (SSSR count). The number of nitro benzene ring substituents is 1. The first-order valence-corrected chi connectivity index (χ1v) is 5.59. The Morgan fingerprint density at radius 1 is 1.44 bits per heavy atom. The van der Waals surface area contributed by atoms with Crippen molar-refractivity contribution in [2.45, 2.75) is 6.54 Å². The maximum atomic E-state index is 10.7. The largest absolute Gasteiger partial charge is 0.485 e. The maximum absolute atomic E-state index is 10.7. The van der Waals surface area contributed by atoms with Crippen molar-refractivity contribution in [2.75, 3.05) is 6.61 Å². The third-order valence-corrected chi connectivity index (χ3v) is 2.44.